The van der Waals surface area contributed by atoms with E-state index in [1.54, 1.807) is 19.2 Å². The van der Waals surface area contributed by atoms with Crippen LogP contribution in [-0.4, -0.2) is 42.9 Å². The summed E-state index contributed by atoms with van der Waals surface area (Å²) in [6, 6.07) is 3.13. The molecular formula is C10H13F2N3O. The molecular weight excluding hydrogens is 216 g/mol. The van der Waals surface area contributed by atoms with Crippen LogP contribution in [0.5, 0.6) is 0 Å². The molecule has 6 heteroatoms. The summed E-state index contributed by atoms with van der Waals surface area (Å²) < 4.78 is 24.2. The summed E-state index contributed by atoms with van der Waals surface area (Å²) in [5.74, 6) is -0.0913. The molecule has 0 unspecified atom stereocenters. The normalized spacial score (nSPS) is 10.3. The molecule has 0 aromatic carbocycles. The molecule has 0 saturated carbocycles. The van der Waals surface area contributed by atoms with Crippen molar-refractivity contribution in [3.8, 4) is 0 Å². The lowest BCUT2D eigenvalue weighted by Crippen LogP contribution is -2.31. The minimum atomic E-state index is -2.54. The van der Waals surface area contributed by atoms with E-state index in [-0.39, 0.29) is 5.56 Å². The second-order valence-corrected chi connectivity index (χ2v) is 3.23. The van der Waals surface area contributed by atoms with Gasteiger partial charge in [-0.3, -0.25) is 4.79 Å². The Kier molecular flexibility index (Phi) is 4.16. The molecule has 1 heterocycles. The number of aromatic nitrogens is 1. The number of nitrogens with zero attached hydrogens (tertiary/aromatic N) is 2. The predicted molar refractivity (Wildman–Crippen MR) is 56.7 cm³/mol. The van der Waals surface area contributed by atoms with E-state index >= 15 is 0 Å². The molecule has 0 bridgehead atoms. The van der Waals surface area contributed by atoms with Crippen molar-refractivity contribution in [1.29, 1.82) is 0 Å². The van der Waals surface area contributed by atoms with Gasteiger partial charge in [-0.1, -0.05) is 0 Å². The van der Waals surface area contributed by atoms with Gasteiger partial charge in [-0.05, 0) is 12.1 Å². The number of anilines is 1. The molecule has 1 aromatic rings. The lowest BCUT2D eigenvalue weighted by molar-refractivity contribution is 0.0621. The maximum absolute atomic E-state index is 12.1. The third-order valence-electron chi connectivity index (χ3n) is 2.03. The molecule has 0 aliphatic carbocycles. The van der Waals surface area contributed by atoms with Gasteiger partial charge in [0.05, 0.1) is 12.1 Å². The van der Waals surface area contributed by atoms with Crippen LogP contribution in [0.3, 0.4) is 0 Å². The second kappa shape index (κ2) is 5.39. The van der Waals surface area contributed by atoms with Crippen molar-refractivity contribution in [3.05, 3.63) is 23.9 Å². The first-order valence-electron chi connectivity index (χ1n) is 4.72. The molecule has 0 atom stereocenters. The average molecular weight is 229 g/mol. The van der Waals surface area contributed by atoms with Crippen LogP contribution in [0.15, 0.2) is 18.3 Å². The minimum absolute atomic E-state index is 0.285. The summed E-state index contributed by atoms with van der Waals surface area (Å²) in [4.78, 5) is 16.7. The van der Waals surface area contributed by atoms with Crippen molar-refractivity contribution in [2.24, 2.45) is 0 Å². The molecule has 0 radical (unpaired) electrons. The van der Waals surface area contributed by atoms with E-state index in [1.807, 2.05) is 0 Å². The summed E-state index contributed by atoms with van der Waals surface area (Å²) in [5.41, 5.74) is 0.285. The molecule has 16 heavy (non-hydrogen) atoms. The standard InChI is InChI=1S/C10H13F2N3O/c1-13-9-7(4-3-5-14-9)10(16)15(2)6-8(11)12/h3-5,8H,6H2,1-2H3,(H,13,14). The summed E-state index contributed by atoms with van der Waals surface area (Å²) >= 11 is 0. The zero-order valence-corrected chi connectivity index (χ0v) is 9.08. The zero-order chi connectivity index (χ0) is 12.1. The molecule has 4 nitrogen and oxygen atoms in total. The van der Waals surface area contributed by atoms with Crippen LogP contribution in [0, 0.1) is 0 Å². The maximum Gasteiger partial charge on any atom is 0.257 e. The first-order chi connectivity index (χ1) is 7.56. The van der Waals surface area contributed by atoms with Crippen molar-refractivity contribution >= 4 is 11.7 Å². The minimum Gasteiger partial charge on any atom is -0.372 e. The molecule has 1 N–H and O–H groups in total. The summed E-state index contributed by atoms with van der Waals surface area (Å²) in [7, 11) is 2.95. The number of carbonyl (C=O) groups excluding carboxylic acids is 1. The Morgan fingerprint density at radius 3 is 2.88 bits per heavy atom. The van der Waals surface area contributed by atoms with Crippen LogP contribution < -0.4 is 5.32 Å². The highest BCUT2D eigenvalue weighted by atomic mass is 19.3. The van der Waals surface area contributed by atoms with Gasteiger partial charge < -0.3 is 10.2 Å². The number of carbonyl (C=O) groups is 1. The summed E-state index contributed by atoms with van der Waals surface area (Å²) in [6.07, 6.45) is -1.01. The van der Waals surface area contributed by atoms with E-state index in [9.17, 15) is 13.6 Å². The smallest absolute Gasteiger partial charge is 0.257 e. The molecule has 0 spiro atoms. The van der Waals surface area contributed by atoms with Gasteiger partial charge in [0.25, 0.3) is 12.3 Å². The second-order valence-electron chi connectivity index (χ2n) is 3.23. The van der Waals surface area contributed by atoms with E-state index in [1.165, 1.54) is 13.2 Å². The number of alkyl halides is 2. The highest BCUT2D eigenvalue weighted by Gasteiger charge is 2.18. The Bertz CT molecular complexity index is 371. The largest absolute Gasteiger partial charge is 0.372 e. The molecule has 0 aliphatic heterocycles. The van der Waals surface area contributed by atoms with Crippen LogP contribution in [0.25, 0.3) is 0 Å². The number of amides is 1. The van der Waals surface area contributed by atoms with Crippen LogP contribution in [0.1, 0.15) is 10.4 Å². The number of hydrogen-bond donors (Lipinski definition) is 1. The number of nitrogens with one attached hydrogen (secondary N) is 1. The molecule has 0 saturated heterocycles. The van der Waals surface area contributed by atoms with Gasteiger partial charge >= 0.3 is 0 Å². The lowest BCUT2D eigenvalue weighted by Gasteiger charge is -2.17. The van der Waals surface area contributed by atoms with Crippen molar-refractivity contribution < 1.29 is 13.6 Å². The Balaban J connectivity index is 2.87. The zero-order valence-electron chi connectivity index (χ0n) is 9.08. The predicted octanol–water partition coefficient (Wildman–Crippen LogP) is 1.46. The third-order valence-corrected chi connectivity index (χ3v) is 2.03. The SMILES string of the molecule is CNc1ncccc1C(=O)N(C)CC(F)F. The number of rotatable bonds is 4. The Morgan fingerprint density at radius 2 is 2.31 bits per heavy atom. The fourth-order valence-electron chi connectivity index (χ4n) is 1.27. The van der Waals surface area contributed by atoms with E-state index in [2.05, 4.69) is 10.3 Å². The van der Waals surface area contributed by atoms with Gasteiger partial charge in [-0.15, -0.1) is 0 Å². The molecule has 0 fully saturated rings. The quantitative estimate of drug-likeness (QED) is 0.850. The van der Waals surface area contributed by atoms with Crippen LogP contribution in [-0.2, 0) is 0 Å². The van der Waals surface area contributed by atoms with Gasteiger partial charge in [0.2, 0.25) is 0 Å². The van der Waals surface area contributed by atoms with E-state index in [4.69, 9.17) is 0 Å². The van der Waals surface area contributed by atoms with Crippen molar-refractivity contribution in [2.75, 3.05) is 26.0 Å². The van der Waals surface area contributed by atoms with E-state index in [0.29, 0.717) is 5.82 Å². The molecule has 1 aromatic heterocycles. The maximum atomic E-state index is 12.1. The van der Waals surface area contributed by atoms with Crippen LogP contribution >= 0.6 is 0 Å². The van der Waals surface area contributed by atoms with Gasteiger partial charge in [0.15, 0.2) is 0 Å². The van der Waals surface area contributed by atoms with Gasteiger partial charge in [0, 0.05) is 20.3 Å². The number of pyridine rings is 1. The first kappa shape index (κ1) is 12.4. The number of halogens is 2. The fraction of sp³-hybridized carbons (Fsp3) is 0.400. The summed E-state index contributed by atoms with van der Waals surface area (Å²) in [6.45, 7) is -0.586. The Labute approximate surface area is 92.3 Å². The van der Waals surface area contributed by atoms with Gasteiger partial charge in [-0.2, -0.15) is 0 Å². The topological polar surface area (TPSA) is 45.2 Å². The van der Waals surface area contributed by atoms with Crippen molar-refractivity contribution in [2.45, 2.75) is 6.43 Å². The molecule has 1 amide bonds. The Hall–Kier alpha value is -1.72. The first-order valence-corrected chi connectivity index (χ1v) is 4.72. The van der Waals surface area contributed by atoms with Gasteiger partial charge in [-0.25, -0.2) is 13.8 Å². The average Bonchev–Trinajstić information content (AvgIpc) is 2.27. The van der Waals surface area contributed by atoms with Crippen molar-refractivity contribution in [3.63, 3.8) is 0 Å². The van der Waals surface area contributed by atoms with E-state index in [0.717, 1.165) is 4.90 Å². The van der Waals surface area contributed by atoms with E-state index < -0.39 is 18.9 Å². The van der Waals surface area contributed by atoms with Gasteiger partial charge in [0.1, 0.15) is 5.82 Å². The third kappa shape index (κ3) is 2.88. The highest BCUT2D eigenvalue weighted by molar-refractivity contribution is 5.98. The monoisotopic (exact) mass is 229 g/mol. The van der Waals surface area contributed by atoms with Crippen molar-refractivity contribution in [1.82, 2.24) is 9.88 Å². The highest BCUT2D eigenvalue weighted by Crippen LogP contribution is 2.13. The number of hydrogen-bond acceptors (Lipinski definition) is 3. The molecule has 1 rings (SSSR count). The summed E-state index contributed by atoms with van der Waals surface area (Å²) in [5, 5.41) is 2.74. The lowest BCUT2D eigenvalue weighted by atomic mass is 10.2. The molecule has 0 aliphatic rings. The fourth-order valence-corrected chi connectivity index (χ4v) is 1.27. The molecule has 88 valence electrons. The van der Waals surface area contributed by atoms with Crippen LogP contribution in [0.4, 0.5) is 14.6 Å². The van der Waals surface area contributed by atoms with Crippen LogP contribution in [0.2, 0.25) is 0 Å². The Morgan fingerprint density at radius 1 is 1.62 bits per heavy atom.